The lowest BCUT2D eigenvalue weighted by atomic mass is 10.0. The average molecular weight is 468 g/mol. The number of carbonyl (C=O) groups excluding carboxylic acids is 4. The van der Waals surface area contributed by atoms with E-state index >= 15 is 0 Å². The molecule has 1 unspecified atom stereocenters. The Balaban J connectivity index is 1.30. The Morgan fingerprint density at radius 3 is 2.91 bits per heavy atom. The first-order valence-electron chi connectivity index (χ1n) is 11.1. The van der Waals surface area contributed by atoms with Gasteiger partial charge in [0.05, 0.1) is 24.5 Å². The molecule has 0 aliphatic carbocycles. The number of nitrogens with one attached hydrogen (secondary N) is 2. The fourth-order valence-corrected chi connectivity index (χ4v) is 4.53. The van der Waals surface area contributed by atoms with E-state index in [1.807, 2.05) is 0 Å². The van der Waals surface area contributed by atoms with E-state index in [9.17, 15) is 19.2 Å². The molecule has 2 saturated heterocycles. The molecule has 12 heteroatoms. The third-order valence-corrected chi connectivity index (χ3v) is 6.43. The number of piperidine rings is 1. The van der Waals surface area contributed by atoms with E-state index in [1.165, 1.54) is 15.8 Å². The Bertz CT molecular complexity index is 1160. The number of carbonyl (C=O) groups is 4. The molecule has 0 saturated carbocycles. The van der Waals surface area contributed by atoms with Crippen LogP contribution in [-0.2, 0) is 25.6 Å². The highest BCUT2D eigenvalue weighted by molar-refractivity contribution is 6.05. The largest absolute Gasteiger partial charge is 0.379 e. The van der Waals surface area contributed by atoms with Gasteiger partial charge in [-0.05, 0) is 30.5 Å². The van der Waals surface area contributed by atoms with E-state index in [1.54, 1.807) is 25.3 Å². The molecule has 5 rings (SSSR count). The minimum Gasteiger partial charge on any atom is -0.379 e. The van der Waals surface area contributed by atoms with Gasteiger partial charge in [0.25, 0.3) is 11.8 Å². The second-order valence-electron chi connectivity index (χ2n) is 8.51. The number of aromatic nitrogens is 3. The van der Waals surface area contributed by atoms with Crippen LogP contribution in [0.15, 0.2) is 24.4 Å². The van der Waals surface area contributed by atoms with Crippen molar-refractivity contribution < 1.29 is 28.7 Å². The first kappa shape index (κ1) is 22.2. The summed E-state index contributed by atoms with van der Waals surface area (Å²) in [7, 11) is 1.57. The summed E-state index contributed by atoms with van der Waals surface area (Å²) < 4.78 is 12.2. The van der Waals surface area contributed by atoms with Gasteiger partial charge in [0.2, 0.25) is 11.8 Å². The standard InChI is InChI=1S/C22H24N6O6/c1-33-18-11-34-7-6-15(18)23-20(30)16-10-28(26-25-16)13-3-2-12-9-27(22(32)14(12)8-13)17-4-5-19(29)24-21(17)31/h2-3,8,10,15,17-18H,4-7,9,11H2,1H3,(H,23,30)(H,24,29,31)/t15-,17?,18-/m1/s1. The number of benzene rings is 1. The molecule has 0 bridgehead atoms. The predicted octanol–water partition coefficient (Wildman–Crippen LogP) is -0.438. The fraction of sp³-hybridized carbons (Fsp3) is 0.455. The van der Waals surface area contributed by atoms with Crippen LogP contribution in [-0.4, -0.2) is 82.0 Å². The van der Waals surface area contributed by atoms with Crippen molar-refractivity contribution in [1.82, 2.24) is 30.5 Å². The number of hydrogen-bond donors (Lipinski definition) is 2. The van der Waals surface area contributed by atoms with Gasteiger partial charge in [-0.1, -0.05) is 11.3 Å². The third kappa shape index (κ3) is 4.05. The van der Waals surface area contributed by atoms with Crippen LogP contribution < -0.4 is 10.6 Å². The summed E-state index contributed by atoms with van der Waals surface area (Å²) >= 11 is 0. The van der Waals surface area contributed by atoms with Crippen LogP contribution in [0, 0.1) is 0 Å². The van der Waals surface area contributed by atoms with Crippen LogP contribution in [0.2, 0.25) is 0 Å². The molecule has 2 fully saturated rings. The molecular weight excluding hydrogens is 444 g/mol. The molecule has 0 radical (unpaired) electrons. The molecular formula is C22H24N6O6. The molecule has 1 aromatic heterocycles. The quantitative estimate of drug-likeness (QED) is 0.562. The second kappa shape index (κ2) is 8.95. The van der Waals surface area contributed by atoms with E-state index in [0.29, 0.717) is 37.3 Å². The van der Waals surface area contributed by atoms with Crippen molar-refractivity contribution in [2.45, 2.75) is 44.0 Å². The first-order valence-corrected chi connectivity index (χ1v) is 11.1. The normalized spacial score (nSPS) is 24.7. The molecule has 2 N–H and O–H groups in total. The molecule has 3 atom stereocenters. The van der Waals surface area contributed by atoms with Crippen LogP contribution in [0.4, 0.5) is 0 Å². The number of imide groups is 1. The highest BCUT2D eigenvalue weighted by Gasteiger charge is 2.39. The van der Waals surface area contributed by atoms with Gasteiger partial charge in [-0.15, -0.1) is 5.10 Å². The molecule has 1 aromatic carbocycles. The highest BCUT2D eigenvalue weighted by atomic mass is 16.5. The maximum Gasteiger partial charge on any atom is 0.273 e. The van der Waals surface area contributed by atoms with E-state index in [4.69, 9.17) is 9.47 Å². The van der Waals surface area contributed by atoms with Crippen molar-refractivity contribution in [3.63, 3.8) is 0 Å². The zero-order chi connectivity index (χ0) is 23.8. The smallest absolute Gasteiger partial charge is 0.273 e. The Morgan fingerprint density at radius 1 is 1.26 bits per heavy atom. The van der Waals surface area contributed by atoms with Gasteiger partial charge in [0.1, 0.15) is 12.1 Å². The van der Waals surface area contributed by atoms with Crippen LogP contribution >= 0.6 is 0 Å². The monoisotopic (exact) mass is 468 g/mol. The Hall–Kier alpha value is -3.64. The van der Waals surface area contributed by atoms with E-state index in [-0.39, 0.29) is 48.5 Å². The Labute approximate surface area is 194 Å². The minimum atomic E-state index is -0.677. The Morgan fingerprint density at radius 2 is 2.12 bits per heavy atom. The van der Waals surface area contributed by atoms with Gasteiger partial charge in [-0.2, -0.15) is 0 Å². The number of ether oxygens (including phenoxy) is 2. The lowest BCUT2D eigenvalue weighted by molar-refractivity contribution is -0.136. The summed E-state index contributed by atoms with van der Waals surface area (Å²) in [6.45, 7) is 1.24. The van der Waals surface area contributed by atoms with Crippen molar-refractivity contribution in [2.75, 3.05) is 20.3 Å². The summed E-state index contributed by atoms with van der Waals surface area (Å²) in [5.41, 5.74) is 1.93. The minimum absolute atomic E-state index is 0.137. The number of nitrogens with zero attached hydrogens (tertiary/aromatic N) is 4. The summed E-state index contributed by atoms with van der Waals surface area (Å²) in [6.07, 6.45) is 2.40. The maximum absolute atomic E-state index is 13.0. The molecule has 34 heavy (non-hydrogen) atoms. The number of methoxy groups -OCH3 is 1. The van der Waals surface area contributed by atoms with E-state index < -0.39 is 11.9 Å². The van der Waals surface area contributed by atoms with Crippen LogP contribution in [0.3, 0.4) is 0 Å². The van der Waals surface area contributed by atoms with Crippen LogP contribution in [0.5, 0.6) is 0 Å². The first-order chi connectivity index (χ1) is 16.4. The van der Waals surface area contributed by atoms with E-state index in [0.717, 1.165) is 5.56 Å². The molecule has 4 amide bonds. The van der Waals surface area contributed by atoms with Gasteiger partial charge in [0, 0.05) is 32.2 Å². The van der Waals surface area contributed by atoms with Crippen molar-refractivity contribution in [1.29, 1.82) is 0 Å². The zero-order valence-electron chi connectivity index (χ0n) is 18.5. The second-order valence-corrected chi connectivity index (χ2v) is 8.51. The zero-order valence-corrected chi connectivity index (χ0v) is 18.5. The summed E-state index contributed by atoms with van der Waals surface area (Å²) in [5.74, 6) is -1.44. The highest BCUT2D eigenvalue weighted by Crippen LogP contribution is 2.29. The molecule has 178 valence electrons. The van der Waals surface area contributed by atoms with Crippen LogP contribution in [0.1, 0.15) is 45.7 Å². The van der Waals surface area contributed by atoms with Gasteiger partial charge < -0.3 is 19.7 Å². The lowest BCUT2D eigenvalue weighted by Crippen LogP contribution is -2.52. The lowest BCUT2D eigenvalue weighted by Gasteiger charge is -2.30. The molecule has 4 heterocycles. The average Bonchev–Trinajstić information content (AvgIpc) is 3.45. The molecule has 3 aliphatic rings. The van der Waals surface area contributed by atoms with Gasteiger partial charge in [0.15, 0.2) is 5.69 Å². The number of hydrogen-bond acceptors (Lipinski definition) is 8. The van der Waals surface area contributed by atoms with Gasteiger partial charge >= 0.3 is 0 Å². The Kier molecular flexibility index (Phi) is 5.84. The van der Waals surface area contributed by atoms with Crippen molar-refractivity contribution in [2.24, 2.45) is 0 Å². The number of rotatable bonds is 5. The van der Waals surface area contributed by atoms with Crippen molar-refractivity contribution in [3.05, 3.63) is 41.2 Å². The number of fused-ring (bicyclic) bond motifs is 1. The third-order valence-electron chi connectivity index (χ3n) is 6.43. The molecule has 0 spiro atoms. The SMILES string of the molecule is CO[C@@H]1COCC[C@H]1NC(=O)c1cn(-c2ccc3c(c2)C(=O)N(C2CCC(=O)NC2=O)C3)nn1. The summed E-state index contributed by atoms with van der Waals surface area (Å²) in [5, 5.41) is 13.2. The summed E-state index contributed by atoms with van der Waals surface area (Å²) in [6, 6.07) is 4.37. The maximum atomic E-state index is 13.0. The van der Waals surface area contributed by atoms with Crippen molar-refractivity contribution >= 4 is 23.6 Å². The van der Waals surface area contributed by atoms with Gasteiger partial charge in [-0.3, -0.25) is 24.5 Å². The fourth-order valence-electron chi connectivity index (χ4n) is 4.53. The molecule has 3 aliphatic heterocycles. The topological polar surface area (TPSA) is 145 Å². The predicted molar refractivity (Wildman–Crippen MR) is 115 cm³/mol. The molecule has 2 aromatic rings. The van der Waals surface area contributed by atoms with Gasteiger partial charge in [-0.25, -0.2) is 4.68 Å². The van der Waals surface area contributed by atoms with E-state index in [2.05, 4.69) is 20.9 Å². The summed E-state index contributed by atoms with van der Waals surface area (Å²) in [4.78, 5) is 50.9. The van der Waals surface area contributed by atoms with Crippen molar-refractivity contribution in [3.8, 4) is 5.69 Å². The van der Waals surface area contributed by atoms with Crippen LogP contribution in [0.25, 0.3) is 5.69 Å². The molecule has 12 nitrogen and oxygen atoms in total. The number of amides is 4.